The van der Waals surface area contributed by atoms with Crippen LogP contribution in [0.5, 0.6) is 0 Å². The van der Waals surface area contributed by atoms with Gasteiger partial charge in [-0.3, -0.25) is 0 Å². The first-order valence-electron chi connectivity index (χ1n) is 7.53. The molecule has 1 aliphatic carbocycles. The summed E-state index contributed by atoms with van der Waals surface area (Å²) in [4.78, 5) is 13.1. The first kappa shape index (κ1) is 16.3. The number of hydrogen-bond donors (Lipinski definition) is 2. The third-order valence-corrected chi connectivity index (χ3v) is 4.60. The van der Waals surface area contributed by atoms with Crippen molar-refractivity contribution in [3.63, 3.8) is 0 Å². The third kappa shape index (κ3) is 5.32. The predicted molar refractivity (Wildman–Crippen MR) is 86.5 cm³/mol. The van der Waals surface area contributed by atoms with Crippen molar-refractivity contribution in [2.75, 3.05) is 6.54 Å². The van der Waals surface area contributed by atoms with Gasteiger partial charge in [0.05, 0.1) is 0 Å². The Kier molecular flexibility index (Phi) is 4.94. The van der Waals surface area contributed by atoms with Crippen molar-refractivity contribution in [3.8, 4) is 0 Å². The van der Waals surface area contributed by atoms with E-state index in [0.29, 0.717) is 12.5 Å². The van der Waals surface area contributed by atoms with Gasteiger partial charge in [0, 0.05) is 23.5 Å². The van der Waals surface area contributed by atoms with Crippen molar-refractivity contribution in [3.05, 3.63) is 22.4 Å². The standard InChI is InChI=1S/C16H26N2O2S/c1-15(2,3)20-14(19)17-11-16(4,12-7-8-12)18-10-13-6-5-9-21-13/h5-6,9,12,18H,7-8,10-11H2,1-4H3,(H,17,19). The van der Waals surface area contributed by atoms with Crippen LogP contribution < -0.4 is 10.6 Å². The summed E-state index contributed by atoms with van der Waals surface area (Å²) >= 11 is 1.75. The van der Waals surface area contributed by atoms with E-state index in [1.54, 1.807) is 11.3 Å². The van der Waals surface area contributed by atoms with E-state index >= 15 is 0 Å². The Labute approximate surface area is 131 Å². The summed E-state index contributed by atoms with van der Waals surface area (Å²) in [6.07, 6.45) is 2.11. The lowest BCUT2D eigenvalue weighted by atomic mass is 9.95. The van der Waals surface area contributed by atoms with Crippen molar-refractivity contribution >= 4 is 17.4 Å². The normalized spacial score (nSPS) is 18.1. The predicted octanol–water partition coefficient (Wildman–Crippen LogP) is 3.53. The number of amides is 1. The Hall–Kier alpha value is -1.07. The van der Waals surface area contributed by atoms with Crippen LogP contribution in [0.15, 0.2) is 17.5 Å². The molecule has 0 bridgehead atoms. The highest BCUT2D eigenvalue weighted by Crippen LogP contribution is 2.39. The summed E-state index contributed by atoms with van der Waals surface area (Å²) in [6, 6.07) is 4.20. The molecule has 1 heterocycles. The van der Waals surface area contributed by atoms with E-state index in [9.17, 15) is 4.79 Å². The molecule has 1 saturated carbocycles. The Balaban J connectivity index is 1.84. The topological polar surface area (TPSA) is 50.4 Å². The number of hydrogen-bond acceptors (Lipinski definition) is 4. The minimum Gasteiger partial charge on any atom is -0.444 e. The summed E-state index contributed by atoms with van der Waals surface area (Å²) < 4.78 is 5.31. The van der Waals surface area contributed by atoms with Crippen LogP contribution in [0.1, 0.15) is 45.4 Å². The number of rotatable bonds is 6. The smallest absolute Gasteiger partial charge is 0.407 e. The number of carbonyl (C=O) groups excluding carboxylic acids is 1. The van der Waals surface area contributed by atoms with E-state index in [4.69, 9.17) is 4.74 Å². The number of ether oxygens (including phenoxy) is 1. The van der Waals surface area contributed by atoms with Crippen molar-refractivity contribution < 1.29 is 9.53 Å². The van der Waals surface area contributed by atoms with Gasteiger partial charge in [0.15, 0.2) is 0 Å². The molecule has 2 rings (SSSR count). The lowest BCUT2D eigenvalue weighted by Crippen LogP contribution is -2.53. The fourth-order valence-corrected chi connectivity index (χ4v) is 2.99. The molecule has 1 aromatic heterocycles. The van der Waals surface area contributed by atoms with Crippen LogP contribution in [0, 0.1) is 5.92 Å². The van der Waals surface area contributed by atoms with Gasteiger partial charge in [-0.15, -0.1) is 11.3 Å². The zero-order valence-electron chi connectivity index (χ0n) is 13.4. The van der Waals surface area contributed by atoms with Gasteiger partial charge in [0.2, 0.25) is 0 Å². The molecule has 1 fully saturated rings. The first-order chi connectivity index (χ1) is 9.78. The zero-order valence-corrected chi connectivity index (χ0v) is 14.2. The number of carbonyl (C=O) groups is 1. The Morgan fingerprint density at radius 1 is 1.38 bits per heavy atom. The van der Waals surface area contributed by atoms with Gasteiger partial charge in [0.1, 0.15) is 5.60 Å². The van der Waals surface area contributed by atoms with Crippen molar-refractivity contribution in [2.45, 2.75) is 58.2 Å². The van der Waals surface area contributed by atoms with E-state index in [-0.39, 0.29) is 11.6 Å². The Bertz CT molecular complexity index is 463. The molecule has 0 radical (unpaired) electrons. The molecule has 1 aromatic rings. The largest absolute Gasteiger partial charge is 0.444 e. The monoisotopic (exact) mass is 310 g/mol. The number of nitrogens with one attached hydrogen (secondary N) is 2. The SMILES string of the molecule is CC(C)(C)OC(=O)NCC(C)(NCc1cccs1)C1CC1. The van der Waals surface area contributed by atoms with Crippen LogP contribution in [-0.4, -0.2) is 23.8 Å². The Morgan fingerprint density at radius 2 is 2.10 bits per heavy atom. The quantitative estimate of drug-likeness (QED) is 0.845. The molecule has 1 aliphatic rings. The fraction of sp³-hybridized carbons (Fsp3) is 0.688. The lowest BCUT2D eigenvalue weighted by molar-refractivity contribution is 0.0507. The highest BCUT2D eigenvalue weighted by atomic mass is 32.1. The molecule has 0 saturated heterocycles. The minimum absolute atomic E-state index is 0.0686. The van der Waals surface area contributed by atoms with Crippen LogP contribution in [0.2, 0.25) is 0 Å². The van der Waals surface area contributed by atoms with Crippen molar-refractivity contribution in [1.29, 1.82) is 0 Å². The molecule has 1 unspecified atom stereocenters. The summed E-state index contributed by atoms with van der Waals surface area (Å²) in [5.41, 5.74) is -0.522. The second-order valence-electron chi connectivity index (χ2n) is 6.98. The van der Waals surface area contributed by atoms with Crippen molar-refractivity contribution in [2.24, 2.45) is 5.92 Å². The van der Waals surface area contributed by atoms with Gasteiger partial charge in [-0.25, -0.2) is 4.79 Å². The lowest BCUT2D eigenvalue weighted by Gasteiger charge is -2.32. The van der Waals surface area contributed by atoms with E-state index in [2.05, 4.69) is 35.1 Å². The molecule has 4 nitrogen and oxygen atoms in total. The molecule has 2 N–H and O–H groups in total. The van der Waals surface area contributed by atoms with Crippen LogP contribution >= 0.6 is 11.3 Å². The maximum atomic E-state index is 11.8. The van der Waals surface area contributed by atoms with Gasteiger partial charge in [0.25, 0.3) is 0 Å². The molecule has 5 heteroatoms. The summed E-state index contributed by atoms with van der Waals surface area (Å²) in [7, 11) is 0. The molecule has 1 amide bonds. The van der Waals surface area contributed by atoms with Crippen LogP contribution in [0.4, 0.5) is 4.79 Å². The van der Waals surface area contributed by atoms with E-state index in [1.165, 1.54) is 17.7 Å². The number of thiophene rings is 1. The maximum absolute atomic E-state index is 11.8. The molecule has 118 valence electrons. The number of alkyl carbamates (subject to hydrolysis) is 1. The van der Waals surface area contributed by atoms with Gasteiger partial charge in [-0.05, 0) is 57.9 Å². The molecule has 0 aliphatic heterocycles. The van der Waals surface area contributed by atoms with E-state index in [1.807, 2.05) is 20.8 Å². The second-order valence-corrected chi connectivity index (χ2v) is 8.01. The molecule has 21 heavy (non-hydrogen) atoms. The Morgan fingerprint density at radius 3 is 2.62 bits per heavy atom. The van der Waals surface area contributed by atoms with E-state index < -0.39 is 5.60 Å². The first-order valence-corrected chi connectivity index (χ1v) is 8.41. The van der Waals surface area contributed by atoms with Gasteiger partial charge in [-0.1, -0.05) is 6.07 Å². The third-order valence-electron chi connectivity index (χ3n) is 3.72. The summed E-state index contributed by atoms with van der Waals surface area (Å²) in [5, 5.41) is 8.62. The highest BCUT2D eigenvalue weighted by molar-refractivity contribution is 7.09. The van der Waals surface area contributed by atoms with Crippen LogP contribution in [-0.2, 0) is 11.3 Å². The molecule has 0 aromatic carbocycles. The van der Waals surface area contributed by atoms with Crippen molar-refractivity contribution in [1.82, 2.24) is 10.6 Å². The van der Waals surface area contributed by atoms with Crippen LogP contribution in [0.3, 0.4) is 0 Å². The molecular formula is C16H26N2O2S. The maximum Gasteiger partial charge on any atom is 0.407 e. The van der Waals surface area contributed by atoms with Gasteiger partial charge in [-0.2, -0.15) is 0 Å². The van der Waals surface area contributed by atoms with E-state index in [0.717, 1.165) is 6.54 Å². The minimum atomic E-state index is -0.454. The molecular weight excluding hydrogens is 284 g/mol. The second kappa shape index (κ2) is 6.36. The van der Waals surface area contributed by atoms with Gasteiger partial charge < -0.3 is 15.4 Å². The average molecular weight is 310 g/mol. The van der Waals surface area contributed by atoms with Gasteiger partial charge >= 0.3 is 6.09 Å². The average Bonchev–Trinajstić information content (AvgIpc) is 3.10. The van der Waals surface area contributed by atoms with Crippen LogP contribution in [0.25, 0.3) is 0 Å². The fourth-order valence-electron chi connectivity index (χ4n) is 2.34. The zero-order chi connectivity index (χ0) is 15.5. The molecule has 0 spiro atoms. The summed E-state index contributed by atoms with van der Waals surface area (Å²) in [6.45, 7) is 9.26. The highest BCUT2D eigenvalue weighted by Gasteiger charge is 2.41. The summed E-state index contributed by atoms with van der Waals surface area (Å²) in [5.74, 6) is 0.632. The molecule has 1 atom stereocenters.